The summed E-state index contributed by atoms with van der Waals surface area (Å²) in [7, 11) is -1.33. The third kappa shape index (κ3) is 5.39. The number of benzene rings is 1. The van der Waals surface area contributed by atoms with Crippen LogP contribution in [0.4, 0.5) is 4.79 Å². The van der Waals surface area contributed by atoms with Crippen LogP contribution in [0.2, 0.25) is 0 Å². The summed E-state index contributed by atoms with van der Waals surface area (Å²) in [6, 6.07) is 5.91. The lowest BCUT2D eigenvalue weighted by Crippen LogP contribution is -2.47. The first-order chi connectivity index (χ1) is 12.4. The second-order valence-electron chi connectivity index (χ2n) is 6.12. The normalized spacial score (nSPS) is 16.5. The second kappa shape index (κ2) is 9.47. The van der Waals surface area contributed by atoms with Crippen molar-refractivity contribution >= 4 is 28.7 Å². The van der Waals surface area contributed by atoms with E-state index in [0.29, 0.717) is 10.6 Å². The van der Waals surface area contributed by atoms with E-state index in [1.165, 1.54) is 13.0 Å². The fourth-order valence-corrected chi connectivity index (χ4v) is 3.71. The third-order valence-electron chi connectivity index (χ3n) is 4.19. The van der Waals surface area contributed by atoms with Gasteiger partial charge in [-0.3, -0.25) is 14.3 Å². The Kier molecular flexibility index (Phi) is 7.32. The lowest BCUT2D eigenvalue weighted by molar-refractivity contribution is -0.127. The van der Waals surface area contributed by atoms with E-state index in [4.69, 9.17) is 4.74 Å². The minimum absolute atomic E-state index is 0.0801. The molecule has 0 saturated heterocycles. The number of carbonyl (C=O) groups excluding carboxylic acids is 3. The Labute approximate surface area is 155 Å². The van der Waals surface area contributed by atoms with Gasteiger partial charge in [0.15, 0.2) is 6.10 Å². The average Bonchev–Trinajstić information content (AvgIpc) is 3.13. The van der Waals surface area contributed by atoms with Crippen molar-refractivity contribution in [3.63, 3.8) is 0 Å². The van der Waals surface area contributed by atoms with Gasteiger partial charge in [0.2, 0.25) is 0 Å². The van der Waals surface area contributed by atoms with Gasteiger partial charge < -0.3 is 10.1 Å². The van der Waals surface area contributed by atoms with Crippen LogP contribution in [0.5, 0.6) is 0 Å². The molecule has 3 amide bonds. The largest absolute Gasteiger partial charge is 0.449 e. The molecule has 0 aromatic heterocycles. The van der Waals surface area contributed by atoms with Gasteiger partial charge in [0, 0.05) is 11.8 Å². The van der Waals surface area contributed by atoms with Gasteiger partial charge in [0.1, 0.15) is 0 Å². The quantitative estimate of drug-likeness (QED) is 0.736. The van der Waals surface area contributed by atoms with Gasteiger partial charge in [-0.25, -0.2) is 9.59 Å². The minimum atomic E-state index is -1.33. The molecule has 2 rings (SSSR count). The molecule has 0 radical (unpaired) electrons. The number of hydrogen-bond donors (Lipinski definition) is 2. The van der Waals surface area contributed by atoms with E-state index in [0.717, 1.165) is 25.7 Å². The highest BCUT2D eigenvalue weighted by atomic mass is 32.2. The highest BCUT2D eigenvalue weighted by Crippen LogP contribution is 2.17. The molecule has 142 valence electrons. The fraction of sp³-hybridized carbons (Fsp3) is 0.500. The standard InChI is InChI=1S/C18H24N2O5S/c1-3-26(24)15-11-7-6-10-14(15)17(22)25-12(2)16(21)20-18(23)19-13-8-4-5-9-13/h6-7,10-13H,3-5,8-9H2,1-2H3,(H2,19,20,21,23)/t12-,26-/m1/s1. The molecule has 1 aromatic rings. The Bertz CT molecular complexity index is 701. The molecule has 0 aliphatic heterocycles. The van der Waals surface area contributed by atoms with Crippen LogP contribution in [0, 0.1) is 0 Å². The van der Waals surface area contributed by atoms with E-state index in [9.17, 15) is 18.6 Å². The van der Waals surface area contributed by atoms with Crippen molar-refractivity contribution < 1.29 is 23.3 Å². The van der Waals surface area contributed by atoms with E-state index < -0.39 is 34.8 Å². The number of imide groups is 1. The number of hydrogen-bond acceptors (Lipinski definition) is 5. The van der Waals surface area contributed by atoms with E-state index in [1.54, 1.807) is 25.1 Å². The molecule has 1 saturated carbocycles. The molecule has 0 bridgehead atoms. The van der Waals surface area contributed by atoms with E-state index in [2.05, 4.69) is 10.6 Å². The molecule has 1 fully saturated rings. The minimum Gasteiger partial charge on any atom is -0.449 e. The predicted molar refractivity (Wildman–Crippen MR) is 97.2 cm³/mol. The number of nitrogens with one attached hydrogen (secondary N) is 2. The van der Waals surface area contributed by atoms with Crippen molar-refractivity contribution in [1.29, 1.82) is 0 Å². The van der Waals surface area contributed by atoms with Crippen molar-refractivity contribution in [2.75, 3.05) is 5.75 Å². The third-order valence-corrected chi connectivity index (χ3v) is 5.57. The molecule has 2 N–H and O–H groups in total. The van der Waals surface area contributed by atoms with Crippen LogP contribution in [0.25, 0.3) is 0 Å². The molecule has 1 aliphatic rings. The molecule has 0 unspecified atom stereocenters. The SMILES string of the molecule is CC[S@@](=O)c1ccccc1C(=O)O[C@H](C)C(=O)NC(=O)NC1CCCC1. The number of rotatable bonds is 6. The Morgan fingerprint density at radius 3 is 2.54 bits per heavy atom. The molecule has 1 aliphatic carbocycles. The van der Waals surface area contributed by atoms with Crippen molar-refractivity contribution in [1.82, 2.24) is 10.6 Å². The zero-order chi connectivity index (χ0) is 19.1. The maximum Gasteiger partial charge on any atom is 0.340 e. The van der Waals surface area contributed by atoms with Gasteiger partial charge in [-0.1, -0.05) is 31.9 Å². The summed E-state index contributed by atoms with van der Waals surface area (Å²) in [5, 5.41) is 4.92. The molecule has 8 heteroatoms. The Morgan fingerprint density at radius 1 is 1.23 bits per heavy atom. The van der Waals surface area contributed by atoms with Gasteiger partial charge in [0.25, 0.3) is 5.91 Å². The second-order valence-corrected chi connectivity index (χ2v) is 7.83. The van der Waals surface area contributed by atoms with Crippen molar-refractivity contribution in [2.45, 2.75) is 56.6 Å². The molecular formula is C18H24N2O5S. The van der Waals surface area contributed by atoms with Crippen molar-refractivity contribution in [3.8, 4) is 0 Å². The summed E-state index contributed by atoms with van der Waals surface area (Å²) in [5.41, 5.74) is 0.155. The molecule has 1 aromatic carbocycles. The maximum absolute atomic E-state index is 12.3. The lowest BCUT2D eigenvalue weighted by atomic mass is 10.2. The Hall–Kier alpha value is -2.22. The fourth-order valence-electron chi connectivity index (χ4n) is 2.77. The molecule has 0 heterocycles. The molecule has 2 atom stereocenters. The highest BCUT2D eigenvalue weighted by molar-refractivity contribution is 7.85. The topological polar surface area (TPSA) is 102 Å². The van der Waals surface area contributed by atoms with Crippen LogP contribution in [0.15, 0.2) is 29.2 Å². The van der Waals surface area contributed by atoms with Crippen LogP contribution in [0.3, 0.4) is 0 Å². The highest BCUT2D eigenvalue weighted by Gasteiger charge is 2.24. The van der Waals surface area contributed by atoms with Crippen LogP contribution in [-0.4, -0.2) is 40.0 Å². The lowest BCUT2D eigenvalue weighted by Gasteiger charge is -2.16. The van der Waals surface area contributed by atoms with Crippen LogP contribution in [-0.2, 0) is 20.3 Å². The van der Waals surface area contributed by atoms with Crippen molar-refractivity contribution in [2.24, 2.45) is 0 Å². The summed E-state index contributed by atoms with van der Waals surface area (Å²) in [5.74, 6) is -1.09. The van der Waals surface area contributed by atoms with E-state index >= 15 is 0 Å². The van der Waals surface area contributed by atoms with Gasteiger partial charge >= 0.3 is 12.0 Å². The molecule has 26 heavy (non-hydrogen) atoms. The molecule has 0 spiro atoms. The summed E-state index contributed by atoms with van der Waals surface area (Å²) in [6.07, 6.45) is 2.77. The first-order valence-corrected chi connectivity index (χ1v) is 10.0. The molecular weight excluding hydrogens is 356 g/mol. The molecule has 7 nitrogen and oxygen atoms in total. The van der Waals surface area contributed by atoms with E-state index in [1.807, 2.05) is 0 Å². The number of amides is 3. The average molecular weight is 380 g/mol. The Balaban J connectivity index is 1.93. The van der Waals surface area contributed by atoms with E-state index in [-0.39, 0.29) is 11.6 Å². The number of esters is 1. The van der Waals surface area contributed by atoms with Crippen LogP contribution >= 0.6 is 0 Å². The number of urea groups is 1. The smallest absolute Gasteiger partial charge is 0.340 e. The van der Waals surface area contributed by atoms with Gasteiger partial charge in [0.05, 0.1) is 21.3 Å². The summed E-state index contributed by atoms with van der Waals surface area (Å²) < 4.78 is 17.2. The monoisotopic (exact) mass is 380 g/mol. The van der Waals surface area contributed by atoms with Crippen LogP contribution < -0.4 is 10.6 Å². The van der Waals surface area contributed by atoms with Crippen LogP contribution in [0.1, 0.15) is 49.9 Å². The summed E-state index contributed by atoms with van der Waals surface area (Å²) >= 11 is 0. The number of ether oxygens (including phenoxy) is 1. The zero-order valence-electron chi connectivity index (χ0n) is 14.9. The summed E-state index contributed by atoms with van der Waals surface area (Å²) in [6.45, 7) is 3.13. The van der Waals surface area contributed by atoms with Gasteiger partial charge in [-0.15, -0.1) is 0 Å². The summed E-state index contributed by atoms with van der Waals surface area (Å²) in [4.78, 5) is 36.6. The number of carbonyl (C=O) groups is 3. The zero-order valence-corrected chi connectivity index (χ0v) is 15.8. The van der Waals surface area contributed by atoms with Gasteiger partial charge in [-0.2, -0.15) is 0 Å². The maximum atomic E-state index is 12.3. The Morgan fingerprint density at radius 2 is 1.88 bits per heavy atom. The van der Waals surface area contributed by atoms with Gasteiger partial charge in [-0.05, 0) is 31.9 Å². The first-order valence-electron chi connectivity index (χ1n) is 8.72. The van der Waals surface area contributed by atoms with Crippen molar-refractivity contribution in [3.05, 3.63) is 29.8 Å². The predicted octanol–water partition coefficient (Wildman–Crippen LogP) is 2.13. The first kappa shape index (κ1) is 20.1.